The first-order chi connectivity index (χ1) is 11.7. The van der Waals surface area contributed by atoms with Crippen LogP contribution in [0.25, 0.3) is 0 Å². The van der Waals surface area contributed by atoms with E-state index in [-0.39, 0.29) is 24.0 Å². The summed E-state index contributed by atoms with van der Waals surface area (Å²) in [6.07, 6.45) is -3.07. The molecule has 1 rings (SSSR count). The molecule has 2 atom stereocenters. The zero-order chi connectivity index (χ0) is 19.0. The quantitative estimate of drug-likeness (QED) is 0.336. The molecule has 1 heterocycles. The summed E-state index contributed by atoms with van der Waals surface area (Å²) in [4.78, 5) is 10.5. The maximum Gasteiger partial charge on any atom is 0.403 e. The minimum absolute atomic E-state index is 0. The maximum atomic E-state index is 12.9. The maximum absolute atomic E-state index is 12.9. The second kappa shape index (κ2) is 12.2. The number of guanidine groups is 1. The molecule has 26 heavy (non-hydrogen) atoms. The molecule has 0 saturated carbocycles. The Balaban J connectivity index is 0.00000625. The van der Waals surface area contributed by atoms with Crippen LogP contribution in [0.1, 0.15) is 34.1 Å². The minimum atomic E-state index is -4.17. The molecule has 1 fully saturated rings. The van der Waals surface area contributed by atoms with Crippen LogP contribution in [0, 0.1) is 0 Å². The van der Waals surface area contributed by atoms with Gasteiger partial charge >= 0.3 is 6.18 Å². The molecule has 0 aliphatic carbocycles. The van der Waals surface area contributed by atoms with Gasteiger partial charge in [-0.25, -0.2) is 0 Å². The number of piperazine rings is 1. The standard InChI is InChI=1S/C17H34F3N5.HI/c1-6-14(3)23(5)9-8-22-16(21-7-2)25-12-10-24(11-13-25)15(4)17(18,19)20;/h14-15H,6-13H2,1-5H3,(H,21,22);1H. The van der Waals surface area contributed by atoms with Crippen molar-refractivity contribution in [1.29, 1.82) is 0 Å². The van der Waals surface area contributed by atoms with E-state index >= 15 is 0 Å². The highest BCUT2D eigenvalue weighted by atomic mass is 127. The van der Waals surface area contributed by atoms with Crippen LogP contribution in [-0.4, -0.2) is 91.8 Å². The van der Waals surface area contributed by atoms with Crippen molar-refractivity contribution in [3.63, 3.8) is 0 Å². The van der Waals surface area contributed by atoms with Gasteiger partial charge in [-0.3, -0.25) is 9.89 Å². The molecule has 0 aromatic heterocycles. The molecule has 0 radical (unpaired) electrons. The van der Waals surface area contributed by atoms with Gasteiger partial charge in [0.1, 0.15) is 6.04 Å². The van der Waals surface area contributed by atoms with E-state index < -0.39 is 12.2 Å². The Morgan fingerprint density at radius 1 is 1.15 bits per heavy atom. The summed E-state index contributed by atoms with van der Waals surface area (Å²) >= 11 is 0. The third kappa shape index (κ3) is 8.16. The molecule has 1 N–H and O–H groups in total. The van der Waals surface area contributed by atoms with Crippen LogP contribution in [0.2, 0.25) is 0 Å². The first kappa shape index (κ1) is 25.7. The fourth-order valence-electron chi connectivity index (χ4n) is 2.80. The first-order valence-electron chi connectivity index (χ1n) is 9.24. The topological polar surface area (TPSA) is 34.1 Å². The number of halogens is 4. The Bertz CT molecular complexity index is 412. The highest BCUT2D eigenvalue weighted by molar-refractivity contribution is 14.0. The predicted molar refractivity (Wildman–Crippen MR) is 112 cm³/mol. The lowest BCUT2D eigenvalue weighted by Gasteiger charge is -2.39. The van der Waals surface area contributed by atoms with Crippen molar-refractivity contribution in [1.82, 2.24) is 20.0 Å². The lowest BCUT2D eigenvalue weighted by Crippen LogP contribution is -2.56. The summed E-state index contributed by atoms with van der Waals surface area (Å²) in [5.74, 6) is 0.805. The van der Waals surface area contributed by atoms with Gasteiger partial charge in [0, 0.05) is 45.3 Å². The van der Waals surface area contributed by atoms with Crippen molar-refractivity contribution in [2.45, 2.75) is 52.4 Å². The number of hydrogen-bond donors (Lipinski definition) is 1. The van der Waals surface area contributed by atoms with Crippen molar-refractivity contribution in [2.75, 3.05) is 52.9 Å². The summed E-state index contributed by atoms with van der Waals surface area (Å²) in [5.41, 5.74) is 0. The molecule has 0 spiro atoms. The average molecular weight is 493 g/mol. The number of nitrogens with zero attached hydrogens (tertiary/aromatic N) is 4. The van der Waals surface area contributed by atoms with E-state index in [0.717, 1.165) is 25.5 Å². The molecule has 0 amide bonds. The van der Waals surface area contributed by atoms with Crippen LogP contribution >= 0.6 is 24.0 Å². The normalized spacial score (nSPS) is 19.3. The van der Waals surface area contributed by atoms with Crippen LogP contribution in [0.15, 0.2) is 4.99 Å². The Labute approximate surface area is 173 Å². The number of rotatable bonds is 7. The number of likely N-dealkylation sites (N-methyl/N-ethyl adjacent to an activating group) is 1. The van der Waals surface area contributed by atoms with E-state index in [1.807, 2.05) is 6.92 Å². The van der Waals surface area contributed by atoms with Gasteiger partial charge in [-0.1, -0.05) is 6.92 Å². The highest BCUT2D eigenvalue weighted by Crippen LogP contribution is 2.25. The smallest absolute Gasteiger partial charge is 0.357 e. The van der Waals surface area contributed by atoms with Gasteiger partial charge in [-0.15, -0.1) is 24.0 Å². The van der Waals surface area contributed by atoms with Crippen molar-refractivity contribution in [3.05, 3.63) is 0 Å². The van der Waals surface area contributed by atoms with E-state index in [0.29, 0.717) is 38.8 Å². The summed E-state index contributed by atoms with van der Waals surface area (Å²) in [5, 5.41) is 3.26. The molecule has 156 valence electrons. The summed E-state index contributed by atoms with van der Waals surface area (Å²) < 4.78 is 38.6. The third-order valence-electron chi connectivity index (χ3n) is 5.03. The zero-order valence-electron chi connectivity index (χ0n) is 16.6. The number of nitrogens with one attached hydrogen (secondary N) is 1. The largest absolute Gasteiger partial charge is 0.403 e. The van der Waals surface area contributed by atoms with Crippen molar-refractivity contribution >= 4 is 29.9 Å². The van der Waals surface area contributed by atoms with Crippen LogP contribution in [0.5, 0.6) is 0 Å². The van der Waals surface area contributed by atoms with E-state index in [2.05, 4.69) is 41.0 Å². The summed E-state index contributed by atoms with van der Waals surface area (Å²) in [6.45, 7) is 11.8. The van der Waals surface area contributed by atoms with Gasteiger partial charge in [0.15, 0.2) is 5.96 Å². The molecule has 2 unspecified atom stereocenters. The lowest BCUT2D eigenvalue weighted by atomic mass is 10.2. The van der Waals surface area contributed by atoms with Crippen LogP contribution in [0.3, 0.4) is 0 Å². The molecular formula is C17H35F3IN5. The van der Waals surface area contributed by atoms with Crippen LogP contribution < -0.4 is 5.32 Å². The summed E-state index contributed by atoms with van der Waals surface area (Å²) in [6, 6.07) is -0.872. The fraction of sp³-hybridized carbons (Fsp3) is 0.941. The van der Waals surface area contributed by atoms with E-state index in [9.17, 15) is 13.2 Å². The molecular weight excluding hydrogens is 458 g/mol. The van der Waals surface area contributed by atoms with Gasteiger partial charge in [0.25, 0.3) is 0 Å². The van der Waals surface area contributed by atoms with Crippen molar-refractivity contribution in [2.24, 2.45) is 4.99 Å². The molecule has 1 saturated heterocycles. The van der Waals surface area contributed by atoms with Gasteiger partial charge in [-0.05, 0) is 34.2 Å². The first-order valence-corrected chi connectivity index (χ1v) is 9.24. The van der Waals surface area contributed by atoms with Gasteiger partial charge in [-0.2, -0.15) is 13.2 Å². The van der Waals surface area contributed by atoms with Crippen molar-refractivity contribution in [3.8, 4) is 0 Å². The predicted octanol–water partition coefficient (Wildman–Crippen LogP) is 2.87. The fourth-order valence-corrected chi connectivity index (χ4v) is 2.80. The highest BCUT2D eigenvalue weighted by Gasteiger charge is 2.41. The number of aliphatic imine (C=N–C) groups is 1. The zero-order valence-corrected chi connectivity index (χ0v) is 19.0. The molecule has 1 aliphatic rings. The molecule has 0 bridgehead atoms. The Kier molecular flexibility index (Phi) is 12.1. The van der Waals surface area contributed by atoms with Crippen LogP contribution in [0.4, 0.5) is 13.2 Å². The molecule has 9 heteroatoms. The molecule has 0 aromatic carbocycles. The second-order valence-corrected chi connectivity index (χ2v) is 6.71. The van der Waals surface area contributed by atoms with E-state index in [1.165, 1.54) is 11.8 Å². The van der Waals surface area contributed by atoms with Crippen molar-refractivity contribution < 1.29 is 13.2 Å². The average Bonchev–Trinajstić information content (AvgIpc) is 2.58. The molecule has 5 nitrogen and oxygen atoms in total. The monoisotopic (exact) mass is 493 g/mol. The Hall–Kier alpha value is -0.290. The lowest BCUT2D eigenvalue weighted by molar-refractivity contribution is -0.181. The number of alkyl halides is 3. The second-order valence-electron chi connectivity index (χ2n) is 6.71. The van der Waals surface area contributed by atoms with Crippen LogP contribution in [-0.2, 0) is 0 Å². The molecule has 1 aliphatic heterocycles. The van der Waals surface area contributed by atoms with Gasteiger partial charge < -0.3 is 15.1 Å². The Morgan fingerprint density at radius 2 is 1.73 bits per heavy atom. The third-order valence-corrected chi connectivity index (χ3v) is 5.03. The Morgan fingerprint density at radius 3 is 2.19 bits per heavy atom. The van der Waals surface area contributed by atoms with Gasteiger partial charge in [0.05, 0.1) is 6.54 Å². The minimum Gasteiger partial charge on any atom is -0.357 e. The molecule has 0 aromatic rings. The van der Waals surface area contributed by atoms with Gasteiger partial charge in [0.2, 0.25) is 0 Å². The SMILES string of the molecule is CCNC(=NCCN(C)C(C)CC)N1CCN(C(C)C(F)(F)F)CC1.I. The van der Waals surface area contributed by atoms with E-state index in [1.54, 1.807) is 0 Å². The summed E-state index contributed by atoms with van der Waals surface area (Å²) in [7, 11) is 2.09. The number of hydrogen-bond acceptors (Lipinski definition) is 3. The van der Waals surface area contributed by atoms with E-state index in [4.69, 9.17) is 0 Å².